The zero-order valence-electron chi connectivity index (χ0n) is 7.53. The Morgan fingerprint density at radius 1 is 1.31 bits per heavy atom. The van der Waals surface area contributed by atoms with E-state index in [1.54, 1.807) is 20.3 Å². The smallest absolute Gasteiger partial charge is 0.145 e. The molecule has 0 saturated carbocycles. The molecule has 0 heterocycles. The van der Waals surface area contributed by atoms with Crippen LogP contribution in [0.5, 0.6) is 11.5 Å². The first kappa shape index (κ1) is 9.80. The minimum Gasteiger partial charge on any atom is -0.497 e. The predicted octanol–water partition coefficient (Wildman–Crippen LogP) is 2.07. The highest BCUT2D eigenvalue weighted by atomic mass is 32.1. The van der Waals surface area contributed by atoms with Crippen molar-refractivity contribution >= 4 is 23.4 Å². The molecule has 0 radical (unpaired) electrons. The maximum absolute atomic E-state index is 5.13. The molecule has 1 aromatic carbocycles. The van der Waals surface area contributed by atoms with Gasteiger partial charge in [0.1, 0.15) is 11.5 Å². The molecule has 0 saturated heterocycles. The number of anilines is 1. The van der Waals surface area contributed by atoms with Crippen molar-refractivity contribution in [2.24, 2.45) is 0 Å². The van der Waals surface area contributed by atoms with Crippen LogP contribution in [0.15, 0.2) is 18.2 Å². The van der Waals surface area contributed by atoms with E-state index in [2.05, 4.69) is 17.5 Å². The lowest BCUT2D eigenvalue weighted by Crippen LogP contribution is -1.96. The first-order valence-electron chi connectivity index (χ1n) is 3.74. The second-order valence-corrected chi connectivity index (χ2v) is 2.56. The Balaban J connectivity index is 3.00. The van der Waals surface area contributed by atoms with E-state index >= 15 is 0 Å². The maximum atomic E-state index is 5.13. The van der Waals surface area contributed by atoms with Crippen LogP contribution in [0.4, 0.5) is 5.69 Å². The predicted molar refractivity (Wildman–Crippen MR) is 56.8 cm³/mol. The molecule has 13 heavy (non-hydrogen) atoms. The summed E-state index contributed by atoms with van der Waals surface area (Å²) in [6.45, 7) is 0. The number of nitrogens with one attached hydrogen (secondary N) is 1. The van der Waals surface area contributed by atoms with Gasteiger partial charge in [-0.3, -0.25) is 0 Å². The molecule has 0 aliphatic rings. The molecule has 0 amide bonds. The standard InChI is InChI=1S/C9H11NO2S/c1-11-7-3-4-8(10-6-13)9(5-7)12-2/h3-6H,1-2H3,(H,10,13). The van der Waals surface area contributed by atoms with Crippen LogP contribution in [0, 0.1) is 0 Å². The van der Waals surface area contributed by atoms with Crippen LogP contribution in [0.1, 0.15) is 0 Å². The largest absolute Gasteiger partial charge is 0.497 e. The lowest BCUT2D eigenvalue weighted by molar-refractivity contribution is 0.395. The van der Waals surface area contributed by atoms with Gasteiger partial charge >= 0.3 is 0 Å². The van der Waals surface area contributed by atoms with Gasteiger partial charge in [0, 0.05) is 6.07 Å². The first-order chi connectivity index (χ1) is 6.31. The van der Waals surface area contributed by atoms with Crippen molar-refractivity contribution in [2.45, 2.75) is 0 Å². The second-order valence-electron chi connectivity index (χ2n) is 2.33. The third-order valence-electron chi connectivity index (χ3n) is 1.62. The van der Waals surface area contributed by atoms with E-state index < -0.39 is 0 Å². The second kappa shape index (κ2) is 4.67. The van der Waals surface area contributed by atoms with Crippen molar-refractivity contribution in [3.8, 4) is 11.5 Å². The lowest BCUT2D eigenvalue weighted by atomic mass is 10.3. The van der Waals surface area contributed by atoms with Gasteiger partial charge in [-0.05, 0) is 12.1 Å². The monoisotopic (exact) mass is 197 g/mol. The Bertz CT molecular complexity index is 302. The molecule has 0 spiro atoms. The number of thiocarbonyl (C=S) groups is 1. The average molecular weight is 197 g/mol. The van der Waals surface area contributed by atoms with Gasteiger partial charge in [-0.15, -0.1) is 0 Å². The van der Waals surface area contributed by atoms with E-state index in [-0.39, 0.29) is 0 Å². The van der Waals surface area contributed by atoms with Crippen molar-refractivity contribution in [2.75, 3.05) is 19.5 Å². The normalized spacial score (nSPS) is 9.08. The Hall–Kier alpha value is -1.29. The first-order valence-corrected chi connectivity index (χ1v) is 4.21. The van der Waals surface area contributed by atoms with Crippen LogP contribution in [0.25, 0.3) is 0 Å². The molecule has 70 valence electrons. The Labute approximate surface area is 82.7 Å². The van der Waals surface area contributed by atoms with Gasteiger partial charge in [0.25, 0.3) is 0 Å². The molecule has 0 aliphatic heterocycles. The summed E-state index contributed by atoms with van der Waals surface area (Å²) in [5.74, 6) is 1.47. The van der Waals surface area contributed by atoms with Gasteiger partial charge in [-0.25, -0.2) is 0 Å². The summed E-state index contributed by atoms with van der Waals surface area (Å²) < 4.78 is 10.2. The number of ether oxygens (including phenoxy) is 2. The molecule has 4 heteroatoms. The number of hydrogen-bond acceptors (Lipinski definition) is 3. The van der Waals surface area contributed by atoms with E-state index in [1.807, 2.05) is 12.1 Å². The van der Waals surface area contributed by atoms with Crippen molar-refractivity contribution in [1.82, 2.24) is 0 Å². The van der Waals surface area contributed by atoms with Crippen LogP contribution in [0.2, 0.25) is 0 Å². The summed E-state index contributed by atoms with van der Waals surface area (Å²) in [5.41, 5.74) is 2.27. The molecule has 1 aromatic rings. The van der Waals surface area contributed by atoms with Crippen LogP contribution in [-0.4, -0.2) is 19.7 Å². The van der Waals surface area contributed by atoms with Crippen molar-refractivity contribution in [3.05, 3.63) is 18.2 Å². The zero-order chi connectivity index (χ0) is 9.68. The fraction of sp³-hybridized carbons (Fsp3) is 0.222. The van der Waals surface area contributed by atoms with Gasteiger partial charge in [0.15, 0.2) is 0 Å². The molecule has 3 nitrogen and oxygen atoms in total. The van der Waals surface area contributed by atoms with E-state index in [1.165, 1.54) is 5.49 Å². The Morgan fingerprint density at radius 2 is 2.08 bits per heavy atom. The number of methoxy groups -OCH3 is 2. The van der Waals surface area contributed by atoms with Crippen LogP contribution in [-0.2, 0) is 0 Å². The third-order valence-corrected chi connectivity index (χ3v) is 1.74. The number of rotatable bonds is 4. The quantitative estimate of drug-likeness (QED) is 0.748. The van der Waals surface area contributed by atoms with Gasteiger partial charge < -0.3 is 14.8 Å². The van der Waals surface area contributed by atoms with Crippen LogP contribution in [0.3, 0.4) is 0 Å². The number of hydrogen-bond donors (Lipinski definition) is 1. The highest BCUT2D eigenvalue weighted by Crippen LogP contribution is 2.28. The fourth-order valence-corrected chi connectivity index (χ4v) is 1.11. The van der Waals surface area contributed by atoms with Gasteiger partial charge in [0.2, 0.25) is 0 Å². The molecule has 0 unspecified atom stereocenters. The van der Waals surface area contributed by atoms with E-state index in [9.17, 15) is 0 Å². The highest BCUT2D eigenvalue weighted by Gasteiger charge is 2.02. The van der Waals surface area contributed by atoms with E-state index in [0.717, 1.165) is 11.4 Å². The SMILES string of the molecule is COc1ccc(NC=S)c(OC)c1. The summed E-state index contributed by atoms with van der Waals surface area (Å²) in [6.07, 6.45) is 0. The van der Waals surface area contributed by atoms with Crippen LogP contribution >= 0.6 is 12.2 Å². The summed E-state index contributed by atoms with van der Waals surface area (Å²) in [4.78, 5) is 0. The minimum absolute atomic E-state index is 0.709. The van der Waals surface area contributed by atoms with Crippen LogP contribution < -0.4 is 14.8 Å². The van der Waals surface area contributed by atoms with Crippen molar-refractivity contribution in [3.63, 3.8) is 0 Å². The summed E-state index contributed by atoms with van der Waals surface area (Å²) in [5, 5.41) is 2.89. The third kappa shape index (κ3) is 2.32. The lowest BCUT2D eigenvalue weighted by Gasteiger charge is -2.08. The van der Waals surface area contributed by atoms with Crippen molar-refractivity contribution in [1.29, 1.82) is 0 Å². The number of benzene rings is 1. The van der Waals surface area contributed by atoms with E-state index in [4.69, 9.17) is 9.47 Å². The fourth-order valence-electron chi connectivity index (χ4n) is 0.981. The van der Waals surface area contributed by atoms with Crippen molar-refractivity contribution < 1.29 is 9.47 Å². The Morgan fingerprint density at radius 3 is 2.62 bits per heavy atom. The molecule has 0 fully saturated rings. The maximum Gasteiger partial charge on any atom is 0.145 e. The Kier molecular flexibility index (Phi) is 3.52. The highest BCUT2D eigenvalue weighted by molar-refractivity contribution is 7.79. The topological polar surface area (TPSA) is 30.5 Å². The summed E-state index contributed by atoms with van der Waals surface area (Å²) >= 11 is 4.68. The molecule has 0 bridgehead atoms. The summed E-state index contributed by atoms with van der Waals surface area (Å²) in [6, 6.07) is 5.48. The summed E-state index contributed by atoms with van der Waals surface area (Å²) in [7, 11) is 3.21. The van der Waals surface area contributed by atoms with Gasteiger partial charge in [-0.1, -0.05) is 12.2 Å². The zero-order valence-corrected chi connectivity index (χ0v) is 8.35. The molecule has 1 N–H and O–H groups in total. The molecule has 1 rings (SSSR count). The average Bonchev–Trinajstić information content (AvgIpc) is 2.19. The molecule has 0 atom stereocenters. The molecule has 0 aliphatic carbocycles. The van der Waals surface area contributed by atoms with E-state index in [0.29, 0.717) is 5.75 Å². The molecular formula is C9H11NO2S. The minimum atomic E-state index is 0.709. The molecular weight excluding hydrogens is 186 g/mol. The molecule has 0 aromatic heterocycles. The van der Waals surface area contributed by atoms with Gasteiger partial charge in [0.05, 0.1) is 25.4 Å². The van der Waals surface area contributed by atoms with Gasteiger partial charge in [-0.2, -0.15) is 0 Å².